The number of rotatable bonds is 7. The number of hydrogen-bond donors (Lipinski definition) is 2. The zero-order valence-electron chi connectivity index (χ0n) is 11.3. The molecule has 1 aromatic heterocycles. The van der Waals surface area contributed by atoms with Crippen LogP contribution in [0.1, 0.15) is 29.8 Å². The molecule has 1 aliphatic heterocycles. The maximum absolute atomic E-state index is 12.1. The van der Waals surface area contributed by atoms with Crippen molar-refractivity contribution in [3.8, 4) is 0 Å². The van der Waals surface area contributed by atoms with Gasteiger partial charge in [-0.1, -0.05) is 0 Å². The second kappa shape index (κ2) is 6.91. The molecule has 0 aliphatic carbocycles. The highest BCUT2D eigenvalue weighted by Crippen LogP contribution is 2.26. The van der Waals surface area contributed by atoms with Gasteiger partial charge >= 0.3 is 5.97 Å². The second-order valence-corrected chi connectivity index (χ2v) is 7.31. The van der Waals surface area contributed by atoms with Crippen LogP contribution in [0.25, 0.3) is 0 Å². The molecule has 2 N–H and O–H groups in total. The van der Waals surface area contributed by atoms with Crippen molar-refractivity contribution in [1.29, 1.82) is 0 Å². The van der Waals surface area contributed by atoms with E-state index in [2.05, 4.69) is 25.6 Å². The quantitative estimate of drug-likeness (QED) is 0.695. The van der Waals surface area contributed by atoms with Crippen molar-refractivity contribution < 1.29 is 22.7 Å². The molecule has 1 aromatic rings. The van der Waals surface area contributed by atoms with Crippen molar-refractivity contribution in [2.24, 2.45) is 0 Å². The van der Waals surface area contributed by atoms with Gasteiger partial charge in [0.05, 0.1) is 0 Å². The fourth-order valence-corrected chi connectivity index (χ4v) is 4.25. The number of aromatic carboxylic acids is 1. The number of carboxylic acids is 1. The first-order chi connectivity index (χ1) is 9.90. The molecule has 0 amide bonds. The summed E-state index contributed by atoms with van der Waals surface area (Å²) in [6.45, 7) is 3.30. The molecular weight excluding hydrogens is 364 g/mol. The lowest BCUT2D eigenvalue weighted by molar-refractivity contribution is 0.0661. The summed E-state index contributed by atoms with van der Waals surface area (Å²) < 4.78 is 31.3. The first-order valence-corrected chi connectivity index (χ1v) is 8.92. The molecule has 0 bridgehead atoms. The topological polar surface area (TPSA) is 99.8 Å². The summed E-state index contributed by atoms with van der Waals surface area (Å²) in [5, 5.41) is 8.79. The van der Waals surface area contributed by atoms with Gasteiger partial charge in [-0.15, -0.1) is 0 Å². The largest absolute Gasteiger partial charge is 0.475 e. The van der Waals surface area contributed by atoms with Crippen LogP contribution in [-0.4, -0.2) is 50.6 Å². The van der Waals surface area contributed by atoms with Gasteiger partial charge in [0.1, 0.15) is 4.90 Å². The lowest BCUT2D eigenvalue weighted by atomic mass is 10.4. The van der Waals surface area contributed by atoms with Crippen LogP contribution in [0.15, 0.2) is 20.0 Å². The van der Waals surface area contributed by atoms with Crippen LogP contribution in [-0.2, 0) is 10.0 Å². The molecule has 2 rings (SSSR count). The molecule has 2 heterocycles. The van der Waals surface area contributed by atoms with Crippen molar-refractivity contribution >= 4 is 31.9 Å². The third-order valence-electron chi connectivity index (χ3n) is 3.30. The van der Waals surface area contributed by atoms with Gasteiger partial charge in [-0.25, -0.2) is 17.9 Å². The summed E-state index contributed by atoms with van der Waals surface area (Å²) in [6, 6.07) is 0.995. The number of likely N-dealkylation sites (tertiary alicyclic amines) is 1. The smallest absolute Gasteiger partial charge is 0.371 e. The Morgan fingerprint density at radius 1 is 1.43 bits per heavy atom. The predicted octanol–water partition coefficient (Wildman–Crippen LogP) is 1.50. The van der Waals surface area contributed by atoms with Crippen LogP contribution < -0.4 is 4.72 Å². The van der Waals surface area contributed by atoms with Crippen molar-refractivity contribution in [3.05, 3.63) is 16.5 Å². The summed E-state index contributed by atoms with van der Waals surface area (Å²) in [7, 11) is -3.77. The number of carboxylic acid groups (broad SMARTS) is 1. The first-order valence-electron chi connectivity index (χ1n) is 6.65. The Labute approximate surface area is 131 Å². The lowest BCUT2D eigenvalue weighted by Crippen LogP contribution is -2.28. The minimum Gasteiger partial charge on any atom is -0.475 e. The third kappa shape index (κ3) is 4.29. The summed E-state index contributed by atoms with van der Waals surface area (Å²) in [4.78, 5) is 12.9. The standard InChI is InChI=1S/C12H17BrN2O5S/c13-11-10(8-9(20-11)12(16)17)21(18,19)14-4-3-7-15-5-1-2-6-15/h8,14H,1-7H2,(H,16,17). The molecule has 118 valence electrons. The van der Waals surface area contributed by atoms with Gasteiger partial charge in [0.15, 0.2) is 4.67 Å². The van der Waals surface area contributed by atoms with Gasteiger partial charge in [-0.2, -0.15) is 0 Å². The van der Waals surface area contributed by atoms with Crippen LogP contribution >= 0.6 is 15.9 Å². The lowest BCUT2D eigenvalue weighted by Gasteiger charge is -2.14. The maximum atomic E-state index is 12.1. The Morgan fingerprint density at radius 2 is 2.10 bits per heavy atom. The number of nitrogens with zero attached hydrogens (tertiary/aromatic N) is 1. The van der Waals surface area contributed by atoms with Crippen molar-refractivity contribution in [1.82, 2.24) is 9.62 Å². The Morgan fingerprint density at radius 3 is 2.67 bits per heavy atom. The van der Waals surface area contributed by atoms with Crippen LogP contribution in [0, 0.1) is 0 Å². The predicted molar refractivity (Wildman–Crippen MR) is 78.8 cm³/mol. The Kier molecular flexibility index (Phi) is 5.42. The van der Waals surface area contributed by atoms with E-state index in [0.717, 1.165) is 25.7 Å². The van der Waals surface area contributed by atoms with Gasteiger partial charge in [0, 0.05) is 12.6 Å². The summed E-state index contributed by atoms with van der Waals surface area (Å²) in [5.74, 6) is -1.73. The van der Waals surface area contributed by atoms with E-state index < -0.39 is 21.8 Å². The highest BCUT2D eigenvalue weighted by molar-refractivity contribution is 9.10. The number of furan rings is 1. The van der Waals surface area contributed by atoms with Gasteiger partial charge < -0.3 is 14.4 Å². The van der Waals surface area contributed by atoms with Crippen LogP contribution in [0.5, 0.6) is 0 Å². The van der Waals surface area contributed by atoms with Crippen molar-refractivity contribution in [2.45, 2.75) is 24.2 Å². The maximum Gasteiger partial charge on any atom is 0.371 e. The number of hydrogen-bond acceptors (Lipinski definition) is 5. The average Bonchev–Trinajstić information content (AvgIpc) is 3.04. The SMILES string of the molecule is O=C(O)c1cc(S(=O)(=O)NCCCN2CCCC2)c(Br)o1. The molecule has 1 saturated heterocycles. The monoisotopic (exact) mass is 380 g/mol. The second-order valence-electron chi connectivity index (χ2n) is 4.85. The fraction of sp³-hybridized carbons (Fsp3) is 0.583. The van der Waals surface area contributed by atoms with E-state index in [1.807, 2.05) is 0 Å². The number of sulfonamides is 1. The third-order valence-corrected chi connectivity index (χ3v) is 5.62. The zero-order chi connectivity index (χ0) is 15.5. The first kappa shape index (κ1) is 16.5. The molecule has 0 atom stereocenters. The minimum absolute atomic E-state index is 0.105. The zero-order valence-corrected chi connectivity index (χ0v) is 13.7. The summed E-state index contributed by atoms with van der Waals surface area (Å²) in [6.07, 6.45) is 3.11. The molecule has 21 heavy (non-hydrogen) atoms. The van der Waals surface area contributed by atoms with Crippen molar-refractivity contribution in [3.63, 3.8) is 0 Å². The minimum atomic E-state index is -3.77. The number of halogens is 1. The van der Waals surface area contributed by atoms with E-state index in [1.54, 1.807) is 0 Å². The fourth-order valence-electron chi connectivity index (χ4n) is 2.23. The molecule has 0 spiro atoms. The van der Waals surface area contributed by atoms with E-state index in [-0.39, 0.29) is 9.56 Å². The molecule has 1 aliphatic rings. The van der Waals surface area contributed by atoms with Gasteiger partial charge in [-0.05, 0) is 54.8 Å². The highest BCUT2D eigenvalue weighted by Gasteiger charge is 2.24. The van der Waals surface area contributed by atoms with E-state index in [4.69, 9.17) is 9.52 Å². The number of carbonyl (C=O) groups is 1. The molecule has 9 heteroatoms. The molecule has 0 aromatic carbocycles. The van der Waals surface area contributed by atoms with E-state index in [1.165, 1.54) is 12.8 Å². The molecule has 0 unspecified atom stereocenters. The van der Waals surface area contributed by atoms with Crippen LogP contribution in [0.4, 0.5) is 0 Å². The van der Waals surface area contributed by atoms with Crippen LogP contribution in [0.2, 0.25) is 0 Å². The Hall–Kier alpha value is -0.900. The Balaban J connectivity index is 1.90. The molecule has 1 fully saturated rings. The number of nitrogens with one attached hydrogen (secondary N) is 1. The highest BCUT2D eigenvalue weighted by atomic mass is 79.9. The molecular formula is C12H17BrN2O5S. The molecule has 0 saturated carbocycles. The van der Waals surface area contributed by atoms with Gasteiger partial charge in [-0.3, -0.25) is 0 Å². The average molecular weight is 381 g/mol. The van der Waals surface area contributed by atoms with E-state index in [0.29, 0.717) is 13.0 Å². The summed E-state index contributed by atoms with van der Waals surface area (Å²) in [5.41, 5.74) is 0. The van der Waals surface area contributed by atoms with E-state index >= 15 is 0 Å². The van der Waals surface area contributed by atoms with Crippen molar-refractivity contribution in [2.75, 3.05) is 26.2 Å². The van der Waals surface area contributed by atoms with Gasteiger partial charge in [0.25, 0.3) is 0 Å². The molecule has 7 nitrogen and oxygen atoms in total. The summed E-state index contributed by atoms with van der Waals surface area (Å²) >= 11 is 2.93. The van der Waals surface area contributed by atoms with Gasteiger partial charge in [0.2, 0.25) is 15.8 Å². The molecule has 0 radical (unpaired) electrons. The van der Waals surface area contributed by atoms with E-state index in [9.17, 15) is 13.2 Å². The Bertz CT molecular complexity index is 607. The normalized spacial score (nSPS) is 16.4. The van der Waals surface area contributed by atoms with Crippen LogP contribution in [0.3, 0.4) is 0 Å².